The molecule has 4 rings (SSSR count). The second-order valence-electron chi connectivity index (χ2n) is 7.65. The van der Waals surface area contributed by atoms with Crippen molar-refractivity contribution >= 4 is 16.9 Å². The lowest BCUT2D eigenvalue weighted by molar-refractivity contribution is -0.136. The summed E-state index contributed by atoms with van der Waals surface area (Å²) in [7, 11) is 2.08. The lowest BCUT2D eigenvalue weighted by atomic mass is 9.99. The van der Waals surface area contributed by atoms with Gasteiger partial charge in [0.15, 0.2) is 0 Å². The van der Waals surface area contributed by atoms with Gasteiger partial charge in [0.25, 0.3) is 0 Å². The highest BCUT2D eigenvalue weighted by atomic mass is 16.5. The molecule has 0 unspecified atom stereocenters. The van der Waals surface area contributed by atoms with Gasteiger partial charge in [-0.15, -0.1) is 0 Å². The first-order chi connectivity index (χ1) is 14.5. The van der Waals surface area contributed by atoms with Crippen LogP contribution >= 0.6 is 0 Å². The Labute approximate surface area is 176 Å². The molecule has 0 aliphatic rings. The van der Waals surface area contributed by atoms with Crippen molar-refractivity contribution < 1.29 is 14.6 Å². The summed E-state index contributed by atoms with van der Waals surface area (Å²) in [4.78, 5) is 10.7. The summed E-state index contributed by atoms with van der Waals surface area (Å²) in [5.74, 6) is -0.00180. The van der Waals surface area contributed by atoms with Crippen molar-refractivity contribution in [3.63, 3.8) is 0 Å². The van der Waals surface area contributed by atoms with E-state index in [2.05, 4.69) is 67.2 Å². The number of fused-ring (bicyclic) bond motifs is 1. The smallest absolute Gasteiger partial charge is 0.303 e. The fraction of sp³-hybridized carbons (Fsp3) is 0.192. The van der Waals surface area contributed by atoms with Crippen LogP contribution < -0.4 is 4.74 Å². The van der Waals surface area contributed by atoms with Crippen LogP contribution in [-0.4, -0.2) is 15.6 Å². The fourth-order valence-electron chi connectivity index (χ4n) is 3.79. The van der Waals surface area contributed by atoms with Crippen molar-refractivity contribution in [3.8, 4) is 16.9 Å². The summed E-state index contributed by atoms with van der Waals surface area (Å²) in [5.41, 5.74) is 7.04. The molecule has 0 spiro atoms. The molecule has 0 saturated carbocycles. The molecule has 0 atom stereocenters. The second kappa shape index (κ2) is 8.46. The molecule has 0 bridgehead atoms. The number of nitrogens with zero attached hydrogens (tertiary/aromatic N) is 1. The number of carbonyl (C=O) groups is 1. The van der Waals surface area contributed by atoms with Gasteiger partial charge in [0.05, 0.1) is 0 Å². The zero-order valence-corrected chi connectivity index (χ0v) is 17.3. The van der Waals surface area contributed by atoms with Gasteiger partial charge < -0.3 is 14.4 Å². The molecule has 1 heterocycles. The van der Waals surface area contributed by atoms with Gasteiger partial charge in [-0.3, -0.25) is 4.79 Å². The third kappa shape index (κ3) is 4.23. The van der Waals surface area contributed by atoms with Gasteiger partial charge in [-0.25, -0.2) is 0 Å². The molecular formula is C26H25NO3. The van der Waals surface area contributed by atoms with Gasteiger partial charge in [-0.05, 0) is 59.9 Å². The van der Waals surface area contributed by atoms with Crippen LogP contribution in [0.1, 0.15) is 23.1 Å². The molecule has 0 radical (unpaired) electrons. The van der Waals surface area contributed by atoms with Crippen LogP contribution in [-0.2, 0) is 24.9 Å². The molecule has 4 heteroatoms. The van der Waals surface area contributed by atoms with E-state index in [1.165, 1.54) is 27.6 Å². The topological polar surface area (TPSA) is 51.5 Å². The van der Waals surface area contributed by atoms with Crippen molar-refractivity contribution in [2.24, 2.45) is 7.05 Å². The van der Waals surface area contributed by atoms with Gasteiger partial charge in [0.2, 0.25) is 0 Å². The van der Waals surface area contributed by atoms with Crippen LogP contribution in [0.3, 0.4) is 0 Å². The van der Waals surface area contributed by atoms with E-state index in [9.17, 15) is 4.79 Å². The number of rotatable bonds is 7. The minimum Gasteiger partial charge on any atom is -0.489 e. The van der Waals surface area contributed by atoms with Crippen molar-refractivity contribution in [1.29, 1.82) is 0 Å². The molecule has 0 amide bonds. The van der Waals surface area contributed by atoms with Crippen molar-refractivity contribution in [2.45, 2.75) is 26.4 Å². The zero-order chi connectivity index (χ0) is 21.1. The predicted molar refractivity (Wildman–Crippen MR) is 120 cm³/mol. The normalized spacial score (nSPS) is 11.0. The highest BCUT2D eigenvalue weighted by Crippen LogP contribution is 2.33. The summed E-state index contributed by atoms with van der Waals surface area (Å²) >= 11 is 0. The van der Waals surface area contributed by atoms with Gasteiger partial charge in [0, 0.05) is 36.1 Å². The van der Waals surface area contributed by atoms with Gasteiger partial charge >= 0.3 is 5.97 Å². The minimum atomic E-state index is -0.781. The molecule has 4 nitrogen and oxygen atoms in total. The molecule has 1 N–H and O–H groups in total. The minimum absolute atomic E-state index is 0.139. The van der Waals surface area contributed by atoms with E-state index < -0.39 is 5.97 Å². The molecule has 152 valence electrons. The molecule has 1 aromatic heterocycles. The lowest BCUT2D eigenvalue weighted by Crippen LogP contribution is -1.98. The third-order valence-electron chi connectivity index (χ3n) is 5.45. The lowest BCUT2D eigenvalue weighted by Gasteiger charge is -2.09. The Morgan fingerprint density at radius 1 is 0.967 bits per heavy atom. The average molecular weight is 399 g/mol. The summed E-state index contributed by atoms with van der Waals surface area (Å²) in [6.45, 7) is 2.62. The number of benzene rings is 3. The Morgan fingerprint density at radius 2 is 1.70 bits per heavy atom. The van der Waals surface area contributed by atoms with Crippen molar-refractivity contribution in [2.75, 3.05) is 0 Å². The number of ether oxygens (including phenoxy) is 1. The number of carboxylic acids is 1. The first-order valence-electron chi connectivity index (χ1n) is 10.1. The second-order valence-corrected chi connectivity index (χ2v) is 7.65. The van der Waals surface area contributed by atoms with Gasteiger partial charge in [0.1, 0.15) is 12.4 Å². The van der Waals surface area contributed by atoms with Crippen molar-refractivity contribution in [3.05, 3.63) is 89.6 Å². The number of hydrogen-bond acceptors (Lipinski definition) is 2. The van der Waals surface area contributed by atoms with E-state index in [4.69, 9.17) is 9.84 Å². The number of aromatic nitrogens is 1. The van der Waals surface area contributed by atoms with Gasteiger partial charge in [-0.1, -0.05) is 42.5 Å². The highest BCUT2D eigenvalue weighted by Gasteiger charge is 2.11. The van der Waals surface area contributed by atoms with Crippen LogP contribution in [0.15, 0.2) is 72.9 Å². The molecule has 0 fully saturated rings. The van der Waals surface area contributed by atoms with E-state index in [0.717, 1.165) is 16.9 Å². The summed E-state index contributed by atoms with van der Waals surface area (Å²) in [6.07, 6.45) is 2.86. The number of hydrogen-bond donors (Lipinski definition) is 1. The first kappa shape index (κ1) is 19.8. The summed E-state index contributed by atoms with van der Waals surface area (Å²) in [6, 6.07) is 22.6. The summed E-state index contributed by atoms with van der Waals surface area (Å²) < 4.78 is 8.14. The van der Waals surface area contributed by atoms with Crippen LogP contribution in [0.5, 0.6) is 5.75 Å². The third-order valence-corrected chi connectivity index (χ3v) is 5.45. The van der Waals surface area contributed by atoms with E-state index in [0.29, 0.717) is 13.0 Å². The number of carboxylic acid groups (broad SMARTS) is 1. The van der Waals surface area contributed by atoms with Crippen LogP contribution in [0.25, 0.3) is 22.0 Å². The zero-order valence-electron chi connectivity index (χ0n) is 17.3. The Hall–Kier alpha value is -3.53. The number of aryl methyl sites for hydroxylation is 3. The van der Waals surface area contributed by atoms with Crippen LogP contribution in [0.2, 0.25) is 0 Å². The quantitative estimate of drug-likeness (QED) is 0.430. The maximum Gasteiger partial charge on any atom is 0.303 e. The maximum absolute atomic E-state index is 10.7. The molecule has 4 aromatic rings. The monoisotopic (exact) mass is 399 g/mol. The Morgan fingerprint density at radius 3 is 2.43 bits per heavy atom. The van der Waals surface area contributed by atoms with E-state index in [1.54, 1.807) is 0 Å². The summed E-state index contributed by atoms with van der Waals surface area (Å²) in [5, 5.41) is 10.0. The highest BCUT2D eigenvalue weighted by molar-refractivity contribution is 5.97. The Kier molecular flexibility index (Phi) is 5.57. The van der Waals surface area contributed by atoms with E-state index >= 15 is 0 Å². The fourth-order valence-corrected chi connectivity index (χ4v) is 3.79. The number of aliphatic carboxylic acids is 1. The SMILES string of the molecule is Cc1ccccc1-c1cn(C)c2ccc(COc3ccc(CCC(=O)O)cc3)cc12. The van der Waals surface area contributed by atoms with Crippen molar-refractivity contribution in [1.82, 2.24) is 4.57 Å². The molecular weight excluding hydrogens is 374 g/mol. The average Bonchev–Trinajstić information content (AvgIpc) is 3.07. The molecule has 0 saturated heterocycles. The standard InChI is InChI=1S/C26H25NO3/c1-18-5-3-4-6-22(18)24-16-27(2)25-13-9-20(15-23(24)25)17-30-21-11-7-19(8-12-21)10-14-26(28)29/h3-9,11-13,15-16H,10,14,17H2,1-2H3,(H,28,29). The molecule has 0 aliphatic heterocycles. The Balaban J connectivity index is 1.53. The van der Waals surface area contributed by atoms with E-state index in [1.807, 2.05) is 24.3 Å². The molecule has 30 heavy (non-hydrogen) atoms. The largest absolute Gasteiger partial charge is 0.489 e. The first-order valence-corrected chi connectivity index (χ1v) is 10.1. The molecule has 0 aliphatic carbocycles. The van der Waals surface area contributed by atoms with Crippen LogP contribution in [0.4, 0.5) is 0 Å². The van der Waals surface area contributed by atoms with E-state index in [-0.39, 0.29) is 6.42 Å². The predicted octanol–water partition coefficient (Wildman–Crippen LogP) is 5.75. The maximum atomic E-state index is 10.7. The molecule has 3 aromatic carbocycles. The van der Waals surface area contributed by atoms with Crippen LogP contribution in [0, 0.1) is 6.92 Å². The van der Waals surface area contributed by atoms with Gasteiger partial charge in [-0.2, -0.15) is 0 Å². The Bertz CT molecular complexity index is 1190.